The molecule has 0 radical (unpaired) electrons. The summed E-state index contributed by atoms with van der Waals surface area (Å²) >= 11 is 0. The highest BCUT2D eigenvalue weighted by Gasteiger charge is 2.16. The minimum Gasteiger partial charge on any atom is -0.444 e. The second-order valence-corrected chi connectivity index (χ2v) is 7.22. The lowest BCUT2D eigenvalue weighted by Crippen LogP contribution is -2.33. The van der Waals surface area contributed by atoms with Crippen LogP contribution in [0.2, 0.25) is 0 Å². The van der Waals surface area contributed by atoms with Crippen LogP contribution in [0.3, 0.4) is 0 Å². The van der Waals surface area contributed by atoms with Crippen LogP contribution in [0.4, 0.5) is 10.7 Å². The number of hydrogen-bond donors (Lipinski definition) is 2. The molecule has 22 heavy (non-hydrogen) atoms. The first-order valence-corrected chi connectivity index (χ1v) is 7.62. The maximum atomic E-state index is 11.5. The van der Waals surface area contributed by atoms with E-state index < -0.39 is 11.7 Å². The van der Waals surface area contributed by atoms with Gasteiger partial charge in [0.1, 0.15) is 5.60 Å². The number of carbonyl (C=O) groups is 1. The average molecular weight is 308 g/mol. The summed E-state index contributed by atoms with van der Waals surface area (Å²) in [5.41, 5.74) is 0.526. The van der Waals surface area contributed by atoms with Crippen molar-refractivity contribution in [2.24, 2.45) is 0 Å². The molecule has 0 unspecified atom stereocenters. The molecule has 0 saturated heterocycles. The third-order valence-electron chi connectivity index (χ3n) is 2.73. The molecule has 0 aliphatic heterocycles. The molecule has 6 heteroatoms. The van der Waals surface area contributed by atoms with E-state index in [9.17, 15) is 4.79 Å². The third kappa shape index (κ3) is 7.24. The van der Waals surface area contributed by atoms with E-state index in [1.54, 1.807) is 6.20 Å². The SMILES string of the molecule is CC(C)(C)OC(=O)NCCCNc1nccc(C(C)(C)C)n1. The highest BCUT2D eigenvalue weighted by Crippen LogP contribution is 2.19. The molecule has 0 spiro atoms. The van der Waals surface area contributed by atoms with Crippen molar-refractivity contribution in [2.45, 2.75) is 59.0 Å². The lowest BCUT2D eigenvalue weighted by atomic mass is 9.92. The van der Waals surface area contributed by atoms with Crippen molar-refractivity contribution in [1.29, 1.82) is 0 Å². The van der Waals surface area contributed by atoms with E-state index in [4.69, 9.17) is 4.74 Å². The van der Waals surface area contributed by atoms with Crippen LogP contribution >= 0.6 is 0 Å². The van der Waals surface area contributed by atoms with E-state index in [0.29, 0.717) is 19.0 Å². The molecule has 0 aromatic carbocycles. The maximum absolute atomic E-state index is 11.5. The average Bonchev–Trinajstić information content (AvgIpc) is 2.35. The van der Waals surface area contributed by atoms with Crippen LogP contribution in [-0.2, 0) is 10.2 Å². The number of rotatable bonds is 5. The topological polar surface area (TPSA) is 76.1 Å². The van der Waals surface area contributed by atoms with Gasteiger partial charge >= 0.3 is 6.09 Å². The van der Waals surface area contributed by atoms with Crippen molar-refractivity contribution in [3.05, 3.63) is 18.0 Å². The van der Waals surface area contributed by atoms with Crippen LogP contribution in [0.1, 0.15) is 53.7 Å². The Kier molecular flexibility index (Phi) is 6.14. The number of nitrogens with zero attached hydrogens (tertiary/aromatic N) is 2. The highest BCUT2D eigenvalue weighted by atomic mass is 16.6. The van der Waals surface area contributed by atoms with E-state index in [1.165, 1.54) is 0 Å². The van der Waals surface area contributed by atoms with E-state index in [-0.39, 0.29) is 5.41 Å². The Labute approximate surface area is 133 Å². The fraction of sp³-hybridized carbons (Fsp3) is 0.688. The Morgan fingerprint density at radius 2 is 1.86 bits per heavy atom. The Morgan fingerprint density at radius 3 is 2.45 bits per heavy atom. The minimum atomic E-state index is -0.469. The van der Waals surface area contributed by atoms with Gasteiger partial charge in [0.25, 0.3) is 0 Å². The summed E-state index contributed by atoms with van der Waals surface area (Å²) in [6, 6.07) is 1.93. The molecule has 1 amide bonds. The van der Waals surface area contributed by atoms with Crippen molar-refractivity contribution in [2.75, 3.05) is 18.4 Å². The minimum absolute atomic E-state index is 0.00234. The summed E-state index contributed by atoms with van der Waals surface area (Å²) in [7, 11) is 0. The van der Waals surface area contributed by atoms with Gasteiger partial charge in [-0.05, 0) is 33.3 Å². The molecule has 124 valence electrons. The van der Waals surface area contributed by atoms with Crippen LogP contribution < -0.4 is 10.6 Å². The molecule has 0 atom stereocenters. The molecule has 1 aromatic heterocycles. The first kappa shape index (κ1) is 18.2. The van der Waals surface area contributed by atoms with Crippen molar-refractivity contribution in [3.8, 4) is 0 Å². The zero-order chi connectivity index (χ0) is 16.8. The fourth-order valence-corrected chi connectivity index (χ4v) is 1.65. The maximum Gasteiger partial charge on any atom is 0.407 e. The van der Waals surface area contributed by atoms with Gasteiger partial charge in [0.2, 0.25) is 5.95 Å². The molecular weight excluding hydrogens is 280 g/mol. The normalized spacial score (nSPS) is 11.9. The lowest BCUT2D eigenvalue weighted by molar-refractivity contribution is 0.0528. The third-order valence-corrected chi connectivity index (χ3v) is 2.73. The molecule has 1 heterocycles. The number of amides is 1. The molecule has 0 fully saturated rings. The molecule has 0 bridgehead atoms. The standard InChI is InChI=1S/C16H28N4O2/c1-15(2,3)12-8-11-18-13(20-12)17-9-7-10-19-14(21)22-16(4,5)6/h8,11H,7,9-10H2,1-6H3,(H,19,21)(H,17,18,20). The van der Waals surface area contributed by atoms with Gasteiger partial charge < -0.3 is 15.4 Å². The second kappa shape index (κ2) is 7.42. The van der Waals surface area contributed by atoms with Crippen LogP contribution in [-0.4, -0.2) is 34.8 Å². The van der Waals surface area contributed by atoms with Gasteiger partial charge in [-0.3, -0.25) is 0 Å². The smallest absolute Gasteiger partial charge is 0.407 e. The van der Waals surface area contributed by atoms with Gasteiger partial charge in [-0.15, -0.1) is 0 Å². The van der Waals surface area contributed by atoms with Gasteiger partial charge in [0.05, 0.1) is 5.69 Å². The van der Waals surface area contributed by atoms with E-state index in [1.807, 2.05) is 26.8 Å². The van der Waals surface area contributed by atoms with Crippen LogP contribution in [0.15, 0.2) is 12.3 Å². The summed E-state index contributed by atoms with van der Waals surface area (Å²) in [5.74, 6) is 0.615. The summed E-state index contributed by atoms with van der Waals surface area (Å²) in [6.07, 6.45) is 2.13. The van der Waals surface area contributed by atoms with Crippen molar-refractivity contribution >= 4 is 12.0 Å². The second-order valence-electron chi connectivity index (χ2n) is 7.22. The largest absolute Gasteiger partial charge is 0.444 e. The molecule has 1 aromatic rings. The van der Waals surface area contributed by atoms with E-state index in [0.717, 1.165) is 12.1 Å². The van der Waals surface area contributed by atoms with Crippen LogP contribution in [0, 0.1) is 0 Å². The molecule has 0 aliphatic carbocycles. The Hall–Kier alpha value is -1.85. The van der Waals surface area contributed by atoms with E-state index in [2.05, 4.69) is 41.4 Å². The summed E-state index contributed by atoms with van der Waals surface area (Å²) in [6.45, 7) is 13.1. The number of alkyl carbamates (subject to hydrolysis) is 1. The van der Waals surface area contributed by atoms with Crippen molar-refractivity contribution < 1.29 is 9.53 Å². The zero-order valence-corrected chi connectivity index (χ0v) is 14.5. The quantitative estimate of drug-likeness (QED) is 0.817. The Morgan fingerprint density at radius 1 is 1.18 bits per heavy atom. The highest BCUT2D eigenvalue weighted by molar-refractivity contribution is 5.67. The molecule has 0 saturated carbocycles. The number of anilines is 1. The van der Waals surface area contributed by atoms with Gasteiger partial charge in [-0.25, -0.2) is 14.8 Å². The van der Waals surface area contributed by atoms with Gasteiger partial charge in [0.15, 0.2) is 0 Å². The van der Waals surface area contributed by atoms with Crippen molar-refractivity contribution in [1.82, 2.24) is 15.3 Å². The molecule has 1 rings (SSSR count). The predicted octanol–water partition coefficient (Wildman–Crippen LogP) is 3.10. The van der Waals surface area contributed by atoms with Crippen molar-refractivity contribution in [3.63, 3.8) is 0 Å². The molecular formula is C16H28N4O2. The number of carbonyl (C=O) groups excluding carboxylic acids is 1. The summed E-state index contributed by atoms with van der Waals surface area (Å²) in [4.78, 5) is 20.2. The number of hydrogen-bond acceptors (Lipinski definition) is 5. The van der Waals surface area contributed by atoms with Crippen LogP contribution in [0.25, 0.3) is 0 Å². The molecule has 0 aliphatic rings. The lowest BCUT2D eigenvalue weighted by Gasteiger charge is -2.19. The molecule has 6 nitrogen and oxygen atoms in total. The summed E-state index contributed by atoms with van der Waals surface area (Å²) < 4.78 is 5.16. The fourth-order valence-electron chi connectivity index (χ4n) is 1.65. The Bertz CT molecular complexity index is 490. The van der Waals surface area contributed by atoms with Gasteiger partial charge in [0, 0.05) is 24.7 Å². The monoisotopic (exact) mass is 308 g/mol. The van der Waals surface area contributed by atoms with Gasteiger partial charge in [-0.1, -0.05) is 20.8 Å². The van der Waals surface area contributed by atoms with Gasteiger partial charge in [-0.2, -0.15) is 0 Å². The first-order chi connectivity index (χ1) is 10.1. The molecule has 2 N–H and O–H groups in total. The number of nitrogens with one attached hydrogen (secondary N) is 2. The van der Waals surface area contributed by atoms with E-state index >= 15 is 0 Å². The number of aromatic nitrogens is 2. The Balaban J connectivity index is 2.30. The number of ether oxygens (including phenoxy) is 1. The zero-order valence-electron chi connectivity index (χ0n) is 14.5. The summed E-state index contributed by atoms with van der Waals surface area (Å²) in [5, 5.41) is 5.88. The first-order valence-electron chi connectivity index (χ1n) is 7.62. The predicted molar refractivity (Wildman–Crippen MR) is 88.1 cm³/mol. The van der Waals surface area contributed by atoms with Crippen LogP contribution in [0.5, 0.6) is 0 Å².